The van der Waals surface area contributed by atoms with Crippen LogP contribution in [0.25, 0.3) is 10.9 Å². The summed E-state index contributed by atoms with van der Waals surface area (Å²) >= 11 is 0. The Kier molecular flexibility index (Phi) is 3.37. The van der Waals surface area contributed by atoms with Gasteiger partial charge in [-0.05, 0) is 50.1 Å². The molecule has 0 saturated carbocycles. The minimum Gasteiger partial charge on any atom is -0.480 e. The first-order valence-electron chi connectivity index (χ1n) is 7.02. The maximum Gasteiger partial charge on any atom is 0.323 e. The van der Waals surface area contributed by atoms with E-state index in [-0.39, 0.29) is 5.82 Å². The summed E-state index contributed by atoms with van der Waals surface area (Å²) in [6, 6.07) is 6.49. The van der Waals surface area contributed by atoms with Gasteiger partial charge in [0.2, 0.25) is 0 Å². The third kappa shape index (κ3) is 2.38. The Bertz CT molecular complexity index is 704. The normalized spacial score (nSPS) is 22.8. The fourth-order valence-corrected chi connectivity index (χ4v) is 3.07. The Hall–Kier alpha value is -2.01. The maximum absolute atomic E-state index is 13.8. The molecule has 1 aromatic heterocycles. The highest BCUT2D eigenvalue weighted by molar-refractivity contribution is 5.82. The van der Waals surface area contributed by atoms with Crippen LogP contribution in [-0.4, -0.2) is 33.0 Å². The number of carbonyl (C=O) groups is 1. The van der Waals surface area contributed by atoms with Gasteiger partial charge >= 0.3 is 5.97 Å². The zero-order chi connectivity index (χ0) is 15.0. The first-order chi connectivity index (χ1) is 10.0. The molecular formula is C16H17FN2O2. The summed E-state index contributed by atoms with van der Waals surface area (Å²) in [5.41, 5.74) is 0.589. The Morgan fingerprint density at radius 1 is 1.52 bits per heavy atom. The number of benzene rings is 1. The lowest BCUT2D eigenvalue weighted by Gasteiger charge is -2.31. The predicted octanol–water partition coefficient (Wildman–Crippen LogP) is 2.81. The lowest BCUT2D eigenvalue weighted by Crippen LogP contribution is -2.47. The van der Waals surface area contributed by atoms with Gasteiger partial charge in [-0.3, -0.25) is 14.7 Å². The van der Waals surface area contributed by atoms with Crippen molar-refractivity contribution in [2.24, 2.45) is 0 Å². The van der Waals surface area contributed by atoms with E-state index in [2.05, 4.69) is 4.98 Å². The minimum absolute atomic E-state index is 0.318. The van der Waals surface area contributed by atoms with Crippen LogP contribution >= 0.6 is 0 Å². The summed E-state index contributed by atoms with van der Waals surface area (Å²) < 4.78 is 13.8. The van der Waals surface area contributed by atoms with Crippen LogP contribution in [-0.2, 0) is 11.3 Å². The van der Waals surface area contributed by atoms with Crippen molar-refractivity contribution in [3.05, 3.63) is 41.8 Å². The van der Waals surface area contributed by atoms with Crippen LogP contribution < -0.4 is 0 Å². The molecule has 1 N–H and O–H groups in total. The molecule has 1 saturated heterocycles. The van der Waals surface area contributed by atoms with E-state index < -0.39 is 11.5 Å². The van der Waals surface area contributed by atoms with Crippen molar-refractivity contribution < 1.29 is 14.3 Å². The molecule has 0 aliphatic carbocycles. The maximum atomic E-state index is 13.8. The highest BCUT2D eigenvalue weighted by Gasteiger charge is 2.43. The highest BCUT2D eigenvalue weighted by Crippen LogP contribution is 2.32. The molecule has 110 valence electrons. The monoisotopic (exact) mass is 288 g/mol. The molecule has 1 aromatic carbocycles. The van der Waals surface area contributed by atoms with Gasteiger partial charge in [0, 0.05) is 18.1 Å². The molecule has 21 heavy (non-hydrogen) atoms. The number of pyridine rings is 1. The summed E-state index contributed by atoms with van der Waals surface area (Å²) in [5.74, 6) is -1.14. The molecule has 2 aromatic rings. The zero-order valence-electron chi connectivity index (χ0n) is 11.8. The number of hydrogen-bond acceptors (Lipinski definition) is 3. The largest absolute Gasteiger partial charge is 0.480 e. The Morgan fingerprint density at radius 2 is 2.33 bits per heavy atom. The van der Waals surface area contributed by atoms with Crippen molar-refractivity contribution in [3.63, 3.8) is 0 Å². The number of likely N-dealkylation sites (tertiary alicyclic amines) is 1. The molecule has 0 bridgehead atoms. The summed E-state index contributed by atoms with van der Waals surface area (Å²) in [4.78, 5) is 17.7. The van der Waals surface area contributed by atoms with E-state index >= 15 is 0 Å². The topological polar surface area (TPSA) is 53.4 Å². The number of rotatable bonds is 3. The van der Waals surface area contributed by atoms with Gasteiger partial charge in [-0.15, -0.1) is 0 Å². The predicted molar refractivity (Wildman–Crippen MR) is 77.4 cm³/mol. The van der Waals surface area contributed by atoms with E-state index in [1.54, 1.807) is 19.2 Å². The first kappa shape index (κ1) is 13.9. The van der Waals surface area contributed by atoms with Crippen molar-refractivity contribution in [2.45, 2.75) is 31.8 Å². The van der Waals surface area contributed by atoms with E-state index in [0.717, 1.165) is 22.9 Å². The quantitative estimate of drug-likeness (QED) is 0.943. The Balaban J connectivity index is 2.00. The molecular weight excluding hydrogens is 271 g/mol. The zero-order valence-corrected chi connectivity index (χ0v) is 11.8. The molecule has 4 nitrogen and oxygen atoms in total. The minimum atomic E-state index is -0.882. The average Bonchev–Trinajstić information content (AvgIpc) is 2.81. The SMILES string of the molecule is CC1(C(=O)O)CCCN1Cc1cc(F)cc2cccnc12. The van der Waals surface area contributed by atoms with Crippen LogP contribution in [0.3, 0.4) is 0 Å². The number of fused-ring (bicyclic) bond motifs is 1. The molecule has 0 spiro atoms. The van der Waals surface area contributed by atoms with Gasteiger partial charge in [0.1, 0.15) is 11.4 Å². The van der Waals surface area contributed by atoms with Crippen LogP contribution in [0.4, 0.5) is 4.39 Å². The number of aromatic nitrogens is 1. The summed E-state index contributed by atoms with van der Waals surface area (Å²) in [5, 5.41) is 10.2. The highest BCUT2D eigenvalue weighted by atomic mass is 19.1. The van der Waals surface area contributed by atoms with E-state index in [1.807, 2.05) is 11.0 Å². The van der Waals surface area contributed by atoms with Crippen LogP contribution in [0.2, 0.25) is 0 Å². The van der Waals surface area contributed by atoms with Crippen molar-refractivity contribution in [3.8, 4) is 0 Å². The number of aliphatic carboxylic acids is 1. The lowest BCUT2D eigenvalue weighted by atomic mass is 9.98. The van der Waals surface area contributed by atoms with Gasteiger partial charge in [0.05, 0.1) is 5.52 Å². The molecule has 1 aliphatic rings. The standard InChI is InChI=1S/C16H17FN2O2/c1-16(15(20)21)5-3-7-19(16)10-12-9-13(17)8-11-4-2-6-18-14(11)12/h2,4,6,8-9H,3,5,7,10H2,1H3,(H,20,21). The molecule has 1 unspecified atom stereocenters. The number of hydrogen-bond donors (Lipinski definition) is 1. The fourth-order valence-electron chi connectivity index (χ4n) is 3.07. The van der Waals surface area contributed by atoms with Gasteiger partial charge < -0.3 is 5.11 Å². The van der Waals surface area contributed by atoms with Gasteiger partial charge in [-0.25, -0.2) is 4.39 Å². The molecule has 0 amide bonds. The number of carboxylic acid groups (broad SMARTS) is 1. The second-order valence-electron chi connectivity index (χ2n) is 5.74. The van der Waals surface area contributed by atoms with Crippen molar-refractivity contribution in [2.75, 3.05) is 6.54 Å². The van der Waals surface area contributed by atoms with Crippen LogP contribution in [0.1, 0.15) is 25.3 Å². The number of nitrogens with zero attached hydrogens (tertiary/aromatic N) is 2. The molecule has 3 rings (SSSR count). The van der Waals surface area contributed by atoms with E-state index in [4.69, 9.17) is 0 Å². The van der Waals surface area contributed by atoms with Crippen molar-refractivity contribution >= 4 is 16.9 Å². The summed E-state index contributed by atoms with van der Waals surface area (Å²) in [7, 11) is 0. The van der Waals surface area contributed by atoms with Crippen LogP contribution in [0.15, 0.2) is 30.5 Å². The molecule has 1 fully saturated rings. The molecule has 1 aliphatic heterocycles. The van der Waals surface area contributed by atoms with Crippen molar-refractivity contribution in [1.29, 1.82) is 0 Å². The molecule has 1 atom stereocenters. The van der Waals surface area contributed by atoms with Crippen LogP contribution in [0, 0.1) is 5.82 Å². The summed E-state index contributed by atoms with van der Waals surface area (Å²) in [6.45, 7) is 2.83. The third-order valence-electron chi connectivity index (χ3n) is 4.36. The summed E-state index contributed by atoms with van der Waals surface area (Å²) in [6.07, 6.45) is 3.12. The van der Waals surface area contributed by atoms with Crippen LogP contribution in [0.5, 0.6) is 0 Å². The van der Waals surface area contributed by atoms with Gasteiger partial charge in [0.15, 0.2) is 0 Å². The van der Waals surface area contributed by atoms with Gasteiger partial charge in [-0.2, -0.15) is 0 Å². The lowest BCUT2D eigenvalue weighted by molar-refractivity contribution is -0.148. The molecule has 2 heterocycles. The fraction of sp³-hybridized carbons (Fsp3) is 0.375. The second kappa shape index (κ2) is 5.07. The number of carboxylic acids is 1. The molecule has 5 heteroatoms. The van der Waals surface area contributed by atoms with E-state index in [9.17, 15) is 14.3 Å². The average molecular weight is 288 g/mol. The number of halogens is 1. The van der Waals surface area contributed by atoms with Crippen molar-refractivity contribution in [1.82, 2.24) is 9.88 Å². The first-order valence-corrected chi connectivity index (χ1v) is 7.02. The van der Waals surface area contributed by atoms with E-state index in [1.165, 1.54) is 12.1 Å². The Morgan fingerprint density at radius 3 is 3.10 bits per heavy atom. The van der Waals surface area contributed by atoms with E-state index in [0.29, 0.717) is 19.5 Å². The second-order valence-corrected chi connectivity index (χ2v) is 5.74. The van der Waals surface area contributed by atoms with Gasteiger partial charge in [-0.1, -0.05) is 6.07 Å². The Labute approximate surface area is 122 Å². The molecule has 0 radical (unpaired) electrons. The van der Waals surface area contributed by atoms with Gasteiger partial charge in [0.25, 0.3) is 0 Å². The smallest absolute Gasteiger partial charge is 0.323 e. The third-order valence-corrected chi connectivity index (χ3v) is 4.36.